The first kappa shape index (κ1) is 30.2. The molecule has 13 nitrogen and oxygen atoms in total. The normalized spacial score (nSPS) is 16.6. The summed E-state index contributed by atoms with van der Waals surface area (Å²) < 4.78 is 8.89. The second-order valence-corrected chi connectivity index (χ2v) is 8.65. The Kier molecular flexibility index (Phi) is 9.35. The summed E-state index contributed by atoms with van der Waals surface area (Å²) in [6.07, 6.45) is -1.51. The fourth-order valence-corrected chi connectivity index (χ4v) is 4.19. The fraction of sp³-hybridized carbons (Fsp3) is 0.250. The smallest absolute Gasteiger partial charge is 0.413 e. The van der Waals surface area contributed by atoms with E-state index in [0.29, 0.717) is 0 Å². The van der Waals surface area contributed by atoms with Gasteiger partial charge in [0, 0.05) is 33.4 Å². The molecule has 2 atom stereocenters. The summed E-state index contributed by atoms with van der Waals surface area (Å²) in [7, 11) is 0. The number of hydrogen-bond donors (Lipinski definition) is 2. The van der Waals surface area contributed by atoms with Crippen molar-refractivity contribution in [2.75, 3.05) is 13.2 Å². The molecule has 13 heteroatoms. The predicted octanol–water partition coefficient (Wildman–Crippen LogP) is 2.09. The van der Waals surface area contributed by atoms with Crippen LogP contribution in [0.4, 0.5) is 9.59 Å². The van der Waals surface area contributed by atoms with Crippen LogP contribution in [0.2, 0.25) is 0 Å². The number of amides is 4. The van der Waals surface area contributed by atoms with Crippen LogP contribution in [0.15, 0.2) is 36.4 Å². The number of rotatable bonds is 6. The number of benzene rings is 2. The first-order valence-electron chi connectivity index (χ1n) is 12.3. The van der Waals surface area contributed by atoms with Crippen LogP contribution in [0, 0.1) is 11.8 Å². The molecule has 0 aromatic heterocycles. The summed E-state index contributed by atoms with van der Waals surface area (Å²) >= 11 is 0. The summed E-state index contributed by atoms with van der Waals surface area (Å²) in [6.45, 7) is 4.96. The highest BCUT2D eigenvalue weighted by Gasteiger charge is 2.44. The van der Waals surface area contributed by atoms with Crippen LogP contribution in [0.5, 0.6) is 0 Å². The fourth-order valence-electron chi connectivity index (χ4n) is 4.19. The Morgan fingerprint density at radius 3 is 1.73 bits per heavy atom. The maximum absolute atomic E-state index is 13.0. The zero-order valence-corrected chi connectivity index (χ0v) is 22.1. The van der Waals surface area contributed by atoms with Gasteiger partial charge in [0.1, 0.15) is 0 Å². The van der Waals surface area contributed by atoms with Gasteiger partial charge in [-0.05, 0) is 45.0 Å². The molecule has 2 aromatic carbocycles. The third-order valence-corrected chi connectivity index (χ3v) is 6.15. The van der Waals surface area contributed by atoms with E-state index in [1.165, 1.54) is 50.2 Å². The molecule has 0 heterocycles. The lowest BCUT2D eigenvalue weighted by Crippen LogP contribution is -2.40. The minimum atomic E-state index is -1.75. The SMILES string of the molecule is CCOC(=O)NC(=O)C1C(=O)c2ccc(C(=O)c3ccc4c(c3)C(=O)C(C)C4=O)cc2C1=O.CCOC(=O)NC=O. The maximum Gasteiger partial charge on any atom is 0.413 e. The predicted molar refractivity (Wildman–Crippen MR) is 138 cm³/mol. The molecule has 2 N–H and O–H groups in total. The molecule has 2 aromatic rings. The number of Topliss-reactive ketones (excluding diaryl/α,β-unsaturated/α-hetero) is 4. The lowest BCUT2D eigenvalue weighted by molar-refractivity contribution is -0.121. The molecule has 0 fully saturated rings. The quantitative estimate of drug-likeness (QED) is 0.296. The molecule has 0 saturated carbocycles. The zero-order chi connectivity index (χ0) is 30.4. The molecular formula is C28H24N2O11. The molecule has 0 radical (unpaired) electrons. The van der Waals surface area contributed by atoms with Gasteiger partial charge in [-0.3, -0.25) is 44.2 Å². The van der Waals surface area contributed by atoms with Crippen molar-refractivity contribution in [2.45, 2.75) is 20.8 Å². The van der Waals surface area contributed by atoms with E-state index in [-0.39, 0.29) is 64.6 Å². The lowest BCUT2D eigenvalue weighted by Gasteiger charge is -2.07. The minimum Gasteiger partial charge on any atom is -0.450 e. The van der Waals surface area contributed by atoms with Crippen LogP contribution in [0.25, 0.3) is 0 Å². The average Bonchev–Trinajstić information content (AvgIpc) is 3.32. The van der Waals surface area contributed by atoms with Gasteiger partial charge in [-0.1, -0.05) is 12.1 Å². The van der Waals surface area contributed by atoms with Crippen molar-refractivity contribution in [2.24, 2.45) is 11.8 Å². The van der Waals surface area contributed by atoms with Gasteiger partial charge >= 0.3 is 12.2 Å². The molecule has 2 aliphatic rings. The van der Waals surface area contributed by atoms with Crippen molar-refractivity contribution < 1.29 is 52.6 Å². The van der Waals surface area contributed by atoms with Gasteiger partial charge in [-0.2, -0.15) is 0 Å². The number of ketones is 5. The molecule has 4 rings (SSSR count). The topological polar surface area (TPSA) is 196 Å². The summed E-state index contributed by atoms with van der Waals surface area (Å²) in [5.41, 5.74) is 0.471. The maximum atomic E-state index is 13.0. The van der Waals surface area contributed by atoms with Crippen molar-refractivity contribution in [1.29, 1.82) is 0 Å². The highest BCUT2D eigenvalue weighted by molar-refractivity contribution is 6.36. The number of alkyl carbamates (subject to hydrolysis) is 2. The highest BCUT2D eigenvalue weighted by atomic mass is 16.6. The van der Waals surface area contributed by atoms with E-state index in [0.717, 1.165) is 0 Å². The largest absolute Gasteiger partial charge is 0.450 e. The van der Waals surface area contributed by atoms with Gasteiger partial charge < -0.3 is 9.47 Å². The molecule has 4 amide bonds. The number of nitrogens with one attached hydrogen (secondary N) is 2. The Bertz CT molecular complexity index is 1510. The lowest BCUT2D eigenvalue weighted by atomic mass is 9.96. The number of carbonyl (C=O) groups is 9. The van der Waals surface area contributed by atoms with Gasteiger partial charge in [0.15, 0.2) is 34.8 Å². The molecule has 212 valence electrons. The van der Waals surface area contributed by atoms with E-state index in [4.69, 9.17) is 0 Å². The summed E-state index contributed by atoms with van der Waals surface area (Å²) in [6, 6.07) is 7.99. The Hall–Kier alpha value is -5.33. The first-order valence-corrected chi connectivity index (χ1v) is 12.3. The van der Waals surface area contributed by atoms with Gasteiger partial charge in [0.2, 0.25) is 12.3 Å². The Morgan fingerprint density at radius 1 is 0.732 bits per heavy atom. The van der Waals surface area contributed by atoms with Crippen LogP contribution < -0.4 is 10.6 Å². The van der Waals surface area contributed by atoms with Crippen molar-refractivity contribution >= 4 is 53.4 Å². The highest BCUT2D eigenvalue weighted by Crippen LogP contribution is 2.31. The number of imide groups is 2. The molecular weight excluding hydrogens is 540 g/mol. The van der Waals surface area contributed by atoms with E-state index < -0.39 is 47.3 Å². The van der Waals surface area contributed by atoms with Crippen LogP contribution in [-0.4, -0.2) is 66.6 Å². The molecule has 0 bridgehead atoms. The summed E-state index contributed by atoms with van der Waals surface area (Å²) in [5.74, 6) is -6.48. The third kappa shape index (κ3) is 6.13. The zero-order valence-electron chi connectivity index (χ0n) is 22.1. The first-order chi connectivity index (χ1) is 19.5. The van der Waals surface area contributed by atoms with E-state index >= 15 is 0 Å². The summed E-state index contributed by atoms with van der Waals surface area (Å²) in [5, 5.41) is 3.65. The van der Waals surface area contributed by atoms with E-state index in [1.807, 2.05) is 5.32 Å². The molecule has 0 aliphatic heterocycles. The van der Waals surface area contributed by atoms with E-state index in [9.17, 15) is 43.2 Å². The van der Waals surface area contributed by atoms with E-state index in [1.54, 1.807) is 12.2 Å². The number of hydrogen-bond acceptors (Lipinski definition) is 11. The molecule has 2 unspecified atom stereocenters. The number of carbonyl (C=O) groups excluding carboxylic acids is 9. The third-order valence-electron chi connectivity index (χ3n) is 6.15. The van der Waals surface area contributed by atoms with Crippen LogP contribution in [0.1, 0.15) is 78.1 Å². The van der Waals surface area contributed by atoms with Crippen LogP contribution in [0.3, 0.4) is 0 Å². The van der Waals surface area contributed by atoms with Gasteiger partial charge in [0.25, 0.3) is 0 Å². The van der Waals surface area contributed by atoms with Gasteiger partial charge in [-0.15, -0.1) is 0 Å². The van der Waals surface area contributed by atoms with Crippen molar-refractivity contribution in [3.63, 3.8) is 0 Å². The number of ether oxygens (including phenoxy) is 2. The van der Waals surface area contributed by atoms with Gasteiger partial charge in [-0.25, -0.2) is 9.59 Å². The second-order valence-electron chi connectivity index (χ2n) is 8.65. The monoisotopic (exact) mass is 564 g/mol. The summed E-state index contributed by atoms with van der Waals surface area (Å²) in [4.78, 5) is 106. The Balaban J connectivity index is 0.000000507. The van der Waals surface area contributed by atoms with Crippen molar-refractivity contribution in [3.05, 3.63) is 69.8 Å². The number of fused-ring (bicyclic) bond motifs is 2. The van der Waals surface area contributed by atoms with E-state index in [2.05, 4.69) is 9.47 Å². The second kappa shape index (κ2) is 12.7. The van der Waals surface area contributed by atoms with Crippen molar-refractivity contribution in [3.8, 4) is 0 Å². The molecule has 0 spiro atoms. The van der Waals surface area contributed by atoms with Crippen LogP contribution >= 0.6 is 0 Å². The minimum absolute atomic E-state index is 0.00126. The molecule has 41 heavy (non-hydrogen) atoms. The standard InChI is InChI=1S/C24H17NO8.C4H7NO3/c1-3-33-24(32)25-23(31)17-21(29)14-7-5-12(9-16(14)22(17)30)20(28)11-4-6-13-15(8-11)19(27)10(2)18(13)26;1-2-8-4(7)5-3-6/h4-10,17H,3H2,1-2H3,(H,25,31,32);3H,2H2,1H3,(H,5,6,7). The average molecular weight is 565 g/mol. The molecule has 0 saturated heterocycles. The van der Waals surface area contributed by atoms with Crippen molar-refractivity contribution in [1.82, 2.24) is 10.6 Å². The molecule has 2 aliphatic carbocycles. The Labute approximate surface area is 232 Å². The van der Waals surface area contributed by atoms with Gasteiger partial charge in [0.05, 0.1) is 19.1 Å². The van der Waals surface area contributed by atoms with Crippen LogP contribution in [-0.2, 0) is 19.1 Å². The Morgan fingerprint density at radius 2 is 1.20 bits per heavy atom.